The zero-order chi connectivity index (χ0) is 41.7. The highest BCUT2D eigenvalue weighted by Crippen LogP contribution is 2.36. The van der Waals surface area contributed by atoms with Crippen LogP contribution in [0.2, 0.25) is 0 Å². The van der Waals surface area contributed by atoms with E-state index in [0.717, 1.165) is 36.0 Å². The maximum absolute atomic E-state index is 13.1. The first kappa shape index (κ1) is 43.2. The molecular formula is C40H55N9O10. The van der Waals surface area contributed by atoms with Gasteiger partial charge >= 0.3 is 11.8 Å². The molecular weight excluding hydrogens is 766 g/mol. The van der Waals surface area contributed by atoms with Crippen molar-refractivity contribution in [1.82, 2.24) is 39.7 Å². The topological polar surface area (TPSA) is 224 Å². The van der Waals surface area contributed by atoms with E-state index in [1.54, 1.807) is 28.6 Å². The number of imidazole rings is 1. The first-order valence-corrected chi connectivity index (χ1v) is 20.3. The molecule has 0 radical (unpaired) electrons. The minimum Gasteiger partial charge on any atom is -0.446 e. The van der Waals surface area contributed by atoms with E-state index >= 15 is 0 Å². The van der Waals surface area contributed by atoms with Gasteiger partial charge in [0.1, 0.15) is 17.8 Å². The van der Waals surface area contributed by atoms with Gasteiger partial charge in [0.2, 0.25) is 11.8 Å². The Hall–Kier alpha value is -5.37. The number of imide groups is 1. The molecule has 19 nitrogen and oxygen atoms in total. The molecule has 1 aliphatic carbocycles. The molecule has 2 fully saturated rings. The van der Waals surface area contributed by atoms with Crippen LogP contribution in [-0.4, -0.2) is 118 Å². The van der Waals surface area contributed by atoms with Crippen LogP contribution in [0.1, 0.15) is 86.1 Å². The summed E-state index contributed by atoms with van der Waals surface area (Å²) >= 11 is 0. The van der Waals surface area contributed by atoms with E-state index in [0.29, 0.717) is 95.7 Å². The molecule has 6 rings (SSSR count). The molecule has 1 aromatic carbocycles. The SMILES string of the molecule is CC(C)NC(=O)O[C@@H]1CC[C@H](c2cc(NC(=O)c3ccnn3CCOCCOCCOCCOCCCc3cccc4c3n(C)c(=O)n4C3CCC(=O)NC3=O)n[nH]2)C1. The van der Waals surface area contributed by atoms with Gasteiger partial charge in [-0.15, -0.1) is 0 Å². The highest BCUT2D eigenvalue weighted by molar-refractivity contribution is 6.02. The zero-order valence-corrected chi connectivity index (χ0v) is 33.9. The number of ether oxygens (including phenoxy) is 5. The highest BCUT2D eigenvalue weighted by atomic mass is 16.6. The number of amides is 4. The van der Waals surface area contributed by atoms with Crippen molar-refractivity contribution < 1.29 is 42.9 Å². The largest absolute Gasteiger partial charge is 0.446 e. The lowest BCUT2D eigenvalue weighted by atomic mass is 10.0. The number of rotatable bonds is 22. The van der Waals surface area contributed by atoms with Gasteiger partial charge < -0.3 is 34.3 Å². The van der Waals surface area contributed by atoms with Crippen LogP contribution < -0.4 is 21.6 Å². The number of carbonyl (C=O) groups is 4. The van der Waals surface area contributed by atoms with Gasteiger partial charge in [0.25, 0.3) is 5.91 Å². The van der Waals surface area contributed by atoms with E-state index in [9.17, 15) is 24.0 Å². The molecule has 1 saturated heterocycles. The fourth-order valence-electron chi connectivity index (χ4n) is 7.47. The molecule has 59 heavy (non-hydrogen) atoms. The number of nitrogens with zero attached hydrogens (tertiary/aromatic N) is 5. The van der Waals surface area contributed by atoms with Gasteiger partial charge in [0, 0.05) is 50.0 Å². The van der Waals surface area contributed by atoms with E-state index in [-0.39, 0.29) is 42.0 Å². The molecule has 0 spiro atoms. The average molecular weight is 822 g/mol. The Kier molecular flexibility index (Phi) is 15.4. The number of nitrogens with one attached hydrogen (secondary N) is 4. The number of alkyl carbamates (subject to hydrolysis) is 1. The van der Waals surface area contributed by atoms with E-state index in [4.69, 9.17) is 23.7 Å². The summed E-state index contributed by atoms with van der Waals surface area (Å²) in [7, 11) is 1.70. The second kappa shape index (κ2) is 21.1. The molecule has 19 heteroatoms. The summed E-state index contributed by atoms with van der Waals surface area (Å²) in [6, 6.07) is 8.44. The monoisotopic (exact) mass is 821 g/mol. The third-order valence-corrected chi connectivity index (χ3v) is 10.3. The number of hydrogen-bond donors (Lipinski definition) is 4. The number of benzene rings is 1. The fraction of sp³-hybridized carbons (Fsp3) is 0.575. The molecule has 4 heterocycles. The number of carbonyl (C=O) groups excluding carboxylic acids is 4. The average Bonchev–Trinajstić information content (AvgIpc) is 4.01. The number of aromatic nitrogens is 6. The van der Waals surface area contributed by atoms with E-state index < -0.39 is 18.0 Å². The molecule has 3 atom stereocenters. The smallest absolute Gasteiger partial charge is 0.407 e. The van der Waals surface area contributed by atoms with Crippen molar-refractivity contribution in [2.45, 2.75) is 89.4 Å². The molecule has 4 amide bonds. The number of aromatic amines is 1. The van der Waals surface area contributed by atoms with Gasteiger partial charge in [0.15, 0.2) is 5.82 Å². The van der Waals surface area contributed by atoms with Crippen LogP contribution in [0, 0.1) is 0 Å². The molecule has 1 unspecified atom stereocenters. The van der Waals surface area contributed by atoms with Gasteiger partial charge in [-0.1, -0.05) is 12.1 Å². The zero-order valence-electron chi connectivity index (χ0n) is 33.9. The summed E-state index contributed by atoms with van der Waals surface area (Å²) < 4.78 is 32.8. The summed E-state index contributed by atoms with van der Waals surface area (Å²) in [5.41, 5.74) is 3.42. The first-order valence-electron chi connectivity index (χ1n) is 20.3. The quantitative estimate of drug-likeness (QED) is 0.0664. The van der Waals surface area contributed by atoms with Crippen molar-refractivity contribution in [3.63, 3.8) is 0 Å². The van der Waals surface area contributed by atoms with E-state index in [1.165, 1.54) is 4.57 Å². The Labute approximate surface area is 341 Å². The lowest BCUT2D eigenvalue weighted by Crippen LogP contribution is -2.44. The number of piperidine rings is 1. The molecule has 0 bridgehead atoms. The van der Waals surface area contributed by atoms with Gasteiger partial charge in [-0.25, -0.2) is 9.59 Å². The van der Waals surface area contributed by atoms with Crippen LogP contribution in [0.4, 0.5) is 10.6 Å². The number of H-pyrrole nitrogens is 1. The molecule has 320 valence electrons. The minimum atomic E-state index is -0.714. The number of hydrogen-bond acceptors (Lipinski definition) is 12. The van der Waals surface area contributed by atoms with Crippen molar-refractivity contribution in [3.05, 3.63) is 64.0 Å². The third-order valence-electron chi connectivity index (χ3n) is 10.3. The summed E-state index contributed by atoms with van der Waals surface area (Å²) in [6.45, 7) is 7.47. The van der Waals surface area contributed by atoms with Crippen molar-refractivity contribution in [2.24, 2.45) is 7.05 Å². The Balaban J connectivity index is 0.786. The standard InChI is InChI=1S/C40H55N9O10/c1-26(2)42-39(53)59-29-10-9-28(24-29)30-25-34(46-45-30)43-37(51)32-13-14-41-48(32)15-17-56-19-21-58-23-22-57-20-18-55-16-5-7-27-6-4-8-31-36(27)47(3)40(54)49(31)33-11-12-35(50)44-38(33)52/h4,6,8,13-14,25-26,28-29,33H,5,7,9-12,15-24H2,1-3H3,(H,42,53)(H,44,50,52)(H2,43,45,46,51)/t28-,29+,33?/m0/s1. The lowest BCUT2D eigenvalue weighted by molar-refractivity contribution is -0.135. The fourth-order valence-corrected chi connectivity index (χ4v) is 7.47. The van der Waals surface area contributed by atoms with Gasteiger partial charge in [-0.3, -0.25) is 38.6 Å². The molecule has 1 saturated carbocycles. The second-order valence-electron chi connectivity index (χ2n) is 15.0. The summed E-state index contributed by atoms with van der Waals surface area (Å²) in [6.07, 6.45) is 5.21. The van der Waals surface area contributed by atoms with Crippen LogP contribution in [0.25, 0.3) is 11.0 Å². The predicted octanol–water partition coefficient (Wildman–Crippen LogP) is 2.96. The maximum atomic E-state index is 13.1. The normalized spacial score (nSPS) is 18.1. The summed E-state index contributed by atoms with van der Waals surface area (Å²) in [5, 5.41) is 19.4. The van der Waals surface area contributed by atoms with E-state index in [2.05, 4.69) is 31.2 Å². The van der Waals surface area contributed by atoms with Crippen molar-refractivity contribution in [1.29, 1.82) is 0 Å². The molecule has 4 N–H and O–H groups in total. The predicted molar refractivity (Wildman–Crippen MR) is 214 cm³/mol. The first-order chi connectivity index (χ1) is 28.6. The number of aryl methyl sites for hydroxylation is 2. The maximum Gasteiger partial charge on any atom is 0.407 e. The number of anilines is 1. The van der Waals surface area contributed by atoms with Crippen LogP contribution in [0.15, 0.2) is 41.3 Å². The molecule has 1 aliphatic heterocycles. The van der Waals surface area contributed by atoms with Crippen molar-refractivity contribution in [3.8, 4) is 0 Å². The van der Waals surface area contributed by atoms with Crippen LogP contribution in [0.5, 0.6) is 0 Å². The second-order valence-corrected chi connectivity index (χ2v) is 15.0. The summed E-state index contributed by atoms with van der Waals surface area (Å²) in [4.78, 5) is 62.2. The van der Waals surface area contributed by atoms with Crippen LogP contribution in [-0.2, 0) is 53.3 Å². The summed E-state index contributed by atoms with van der Waals surface area (Å²) in [5.74, 6) is -0.548. The Morgan fingerprint density at radius 3 is 2.39 bits per heavy atom. The van der Waals surface area contributed by atoms with Crippen molar-refractivity contribution in [2.75, 3.05) is 58.2 Å². The van der Waals surface area contributed by atoms with Crippen LogP contribution in [0.3, 0.4) is 0 Å². The molecule has 4 aromatic rings. The Bertz CT molecular complexity index is 2100. The van der Waals surface area contributed by atoms with E-state index in [1.807, 2.05) is 38.1 Å². The third kappa shape index (κ3) is 11.6. The van der Waals surface area contributed by atoms with Gasteiger partial charge in [-0.2, -0.15) is 10.2 Å². The van der Waals surface area contributed by atoms with Crippen molar-refractivity contribution >= 4 is 40.7 Å². The molecule has 2 aliphatic rings. The number of fused-ring (bicyclic) bond motifs is 1. The Morgan fingerprint density at radius 1 is 0.932 bits per heavy atom. The van der Waals surface area contributed by atoms with Gasteiger partial charge in [0.05, 0.1) is 63.8 Å². The molecule has 3 aromatic heterocycles. The highest BCUT2D eigenvalue weighted by Gasteiger charge is 2.32. The lowest BCUT2D eigenvalue weighted by Gasteiger charge is -2.21. The van der Waals surface area contributed by atoms with Gasteiger partial charge in [-0.05, 0) is 70.1 Å². The minimum absolute atomic E-state index is 0.0120. The number of para-hydroxylation sites is 1. The Morgan fingerprint density at radius 2 is 1.66 bits per heavy atom. The van der Waals surface area contributed by atoms with Crippen LogP contribution >= 0.6 is 0 Å².